The molecule has 0 saturated carbocycles. The molecule has 1 spiro atoms. The van der Waals surface area contributed by atoms with Crippen LogP contribution in [0.15, 0.2) is 24.4 Å². The van der Waals surface area contributed by atoms with Gasteiger partial charge in [-0.05, 0) is 44.7 Å². The van der Waals surface area contributed by atoms with E-state index in [1.54, 1.807) is 6.92 Å². The van der Waals surface area contributed by atoms with Gasteiger partial charge in [0.1, 0.15) is 0 Å². The molecule has 0 aromatic carbocycles. The van der Waals surface area contributed by atoms with Gasteiger partial charge >= 0.3 is 0 Å². The molecule has 0 unspecified atom stereocenters. The fourth-order valence-corrected chi connectivity index (χ4v) is 4.19. The Kier molecular flexibility index (Phi) is 5.51. The molecule has 2 aliphatic heterocycles. The Morgan fingerprint density at radius 3 is 2.83 bits per heavy atom. The summed E-state index contributed by atoms with van der Waals surface area (Å²) in [6.07, 6.45) is 5.90. The van der Waals surface area contributed by atoms with Crippen LogP contribution in [0.4, 0.5) is 0 Å². The number of carbonyl (C=O) groups is 1. The maximum atomic E-state index is 11.9. The molecule has 5 nitrogen and oxygen atoms in total. The van der Waals surface area contributed by atoms with E-state index in [9.17, 15) is 4.79 Å². The zero-order chi connectivity index (χ0) is 17.0. The Hall–Kier alpha value is -1.46. The van der Waals surface area contributed by atoms with Crippen molar-refractivity contribution in [3.05, 3.63) is 30.1 Å². The maximum absolute atomic E-state index is 11.9. The highest BCUT2D eigenvalue weighted by atomic mass is 16.5. The van der Waals surface area contributed by atoms with Crippen molar-refractivity contribution in [1.82, 2.24) is 14.8 Å². The number of piperidine rings is 1. The predicted octanol–water partition coefficient (Wildman–Crippen LogP) is 2.46. The Bertz CT molecular complexity index is 541. The monoisotopic (exact) mass is 331 g/mol. The van der Waals surface area contributed by atoms with E-state index in [0.717, 1.165) is 64.2 Å². The Labute approximate surface area is 145 Å². The number of nitrogens with zero attached hydrogens (tertiary/aromatic N) is 3. The van der Waals surface area contributed by atoms with Gasteiger partial charge in [-0.25, -0.2) is 0 Å². The first-order valence-corrected chi connectivity index (χ1v) is 9.15. The average molecular weight is 331 g/mol. The minimum absolute atomic E-state index is 0.0353. The topological polar surface area (TPSA) is 45.7 Å². The number of amides is 1. The molecule has 1 aromatic rings. The summed E-state index contributed by atoms with van der Waals surface area (Å²) in [4.78, 5) is 20.8. The second-order valence-electron chi connectivity index (χ2n) is 7.08. The van der Waals surface area contributed by atoms with Crippen LogP contribution in [0.1, 0.15) is 45.2 Å². The van der Waals surface area contributed by atoms with Crippen LogP contribution in [0.25, 0.3) is 0 Å². The molecule has 2 aliphatic rings. The van der Waals surface area contributed by atoms with Gasteiger partial charge in [-0.2, -0.15) is 0 Å². The molecule has 1 atom stereocenters. The minimum atomic E-state index is -0.0353. The Balaban J connectivity index is 1.57. The van der Waals surface area contributed by atoms with Crippen LogP contribution >= 0.6 is 0 Å². The van der Waals surface area contributed by atoms with E-state index in [4.69, 9.17) is 4.74 Å². The van der Waals surface area contributed by atoms with Gasteiger partial charge in [-0.3, -0.25) is 14.7 Å². The predicted molar refractivity (Wildman–Crippen MR) is 93.5 cm³/mol. The summed E-state index contributed by atoms with van der Waals surface area (Å²) in [5.74, 6) is 0.187. The molecule has 0 bridgehead atoms. The van der Waals surface area contributed by atoms with Gasteiger partial charge in [0.05, 0.1) is 11.3 Å². The molecule has 2 fully saturated rings. The van der Waals surface area contributed by atoms with Gasteiger partial charge in [0.2, 0.25) is 5.91 Å². The highest BCUT2D eigenvalue weighted by Gasteiger charge is 2.42. The van der Waals surface area contributed by atoms with Crippen molar-refractivity contribution >= 4 is 5.91 Å². The van der Waals surface area contributed by atoms with Gasteiger partial charge in [0, 0.05) is 51.9 Å². The van der Waals surface area contributed by atoms with Crippen LogP contribution in [0.2, 0.25) is 0 Å². The zero-order valence-corrected chi connectivity index (χ0v) is 14.9. The molecular weight excluding hydrogens is 302 g/mol. The largest absolute Gasteiger partial charge is 0.375 e. The highest BCUT2D eigenvalue weighted by Crippen LogP contribution is 2.37. The average Bonchev–Trinajstić information content (AvgIpc) is 2.59. The molecule has 24 heavy (non-hydrogen) atoms. The molecule has 5 heteroatoms. The fraction of sp³-hybridized carbons (Fsp3) is 0.684. The summed E-state index contributed by atoms with van der Waals surface area (Å²) in [5, 5.41) is 0. The van der Waals surface area contributed by atoms with E-state index >= 15 is 0 Å². The van der Waals surface area contributed by atoms with Crippen LogP contribution in [-0.2, 0) is 16.1 Å². The second-order valence-corrected chi connectivity index (χ2v) is 7.08. The quantitative estimate of drug-likeness (QED) is 0.850. The molecule has 132 valence electrons. The van der Waals surface area contributed by atoms with Crippen LogP contribution in [0.3, 0.4) is 0 Å². The lowest BCUT2D eigenvalue weighted by Crippen LogP contribution is -2.54. The van der Waals surface area contributed by atoms with Gasteiger partial charge in [-0.15, -0.1) is 0 Å². The molecule has 0 N–H and O–H groups in total. The number of hydrogen-bond donors (Lipinski definition) is 0. The van der Waals surface area contributed by atoms with Crippen LogP contribution in [0, 0.1) is 0 Å². The molecule has 3 heterocycles. The second kappa shape index (κ2) is 7.62. The molecule has 0 aliphatic carbocycles. The van der Waals surface area contributed by atoms with E-state index in [1.165, 1.54) is 0 Å². The van der Waals surface area contributed by atoms with E-state index in [-0.39, 0.29) is 11.5 Å². The lowest BCUT2D eigenvalue weighted by Gasteiger charge is -2.48. The van der Waals surface area contributed by atoms with E-state index in [1.807, 2.05) is 23.2 Å². The standard InChI is InChI=1S/C19H29N3O2/c1-3-22(16(2)23)18-7-13-24-19(14-18)8-11-21(12-9-19)15-17-6-4-5-10-20-17/h4-6,10,18H,3,7-9,11-15H2,1-2H3/t18-/m0/s1. The molecular formula is C19H29N3O2. The lowest BCUT2D eigenvalue weighted by molar-refractivity contribution is -0.149. The first kappa shape index (κ1) is 17.4. The number of pyridine rings is 1. The van der Waals surface area contributed by atoms with Crippen molar-refractivity contribution < 1.29 is 9.53 Å². The van der Waals surface area contributed by atoms with Gasteiger partial charge in [0.25, 0.3) is 0 Å². The Morgan fingerprint density at radius 1 is 1.42 bits per heavy atom. The summed E-state index contributed by atoms with van der Waals surface area (Å²) in [7, 11) is 0. The first-order valence-electron chi connectivity index (χ1n) is 9.15. The van der Waals surface area contributed by atoms with Crippen molar-refractivity contribution in [2.24, 2.45) is 0 Å². The van der Waals surface area contributed by atoms with Crippen molar-refractivity contribution in [2.75, 3.05) is 26.2 Å². The molecule has 3 rings (SSSR count). The smallest absolute Gasteiger partial charge is 0.219 e. The number of aromatic nitrogens is 1. The van der Waals surface area contributed by atoms with E-state index < -0.39 is 0 Å². The molecule has 1 aromatic heterocycles. The summed E-state index contributed by atoms with van der Waals surface area (Å²) in [5.41, 5.74) is 1.09. The maximum Gasteiger partial charge on any atom is 0.219 e. The van der Waals surface area contributed by atoms with E-state index in [0.29, 0.717) is 6.04 Å². The molecule has 1 amide bonds. The number of likely N-dealkylation sites (tertiary alicyclic amines) is 1. The first-order chi connectivity index (χ1) is 11.6. The van der Waals surface area contributed by atoms with Gasteiger partial charge in [-0.1, -0.05) is 6.07 Å². The molecule has 2 saturated heterocycles. The van der Waals surface area contributed by atoms with Crippen LogP contribution in [-0.4, -0.2) is 58.6 Å². The van der Waals surface area contributed by atoms with Crippen LogP contribution in [0.5, 0.6) is 0 Å². The van der Waals surface area contributed by atoms with E-state index in [2.05, 4.69) is 22.9 Å². The number of hydrogen-bond acceptors (Lipinski definition) is 4. The molecule has 0 radical (unpaired) electrons. The van der Waals surface area contributed by atoms with Gasteiger partial charge in [0.15, 0.2) is 0 Å². The van der Waals surface area contributed by atoms with Gasteiger partial charge < -0.3 is 9.64 Å². The summed E-state index contributed by atoms with van der Waals surface area (Å²) >= 11 is 0. The summed E-state index contributed by atoms with van der Waals surface area (Å²) in [6, 6.07) is 6.43. The van der Waals surface area contributed by atoms with Crippen LogP contribution < -0.4 is 0 Å². The highest BCUT2D eigenvalue weighted by molar-refractivity contribution is 5.73. The van der Waals surface area contributed by atoms with Crippen molar-refractivity contribution in [1.29, 1.82) is 0 Å². The van der Waals surface area contributed by atoms with Crippen molar-refractivity contribution in [2.45, 2.75) is 57.7 Å². The third-order valence-electron chi connectivity index (χ3n) is 5.53. The normalized spacial score (nSPS) is 24.0. The van der Waals surface area contributed by atoms with Crippen molar-refractivity contribution in [3.8, 4) is 0 Å². The lowest BCUT2D eigenvalue weighted by atomic mass is 9.81. The van der Waals surface area contributed by atoms with Crippen molar-refractivity contribution in [3.63, 3.8) is 0 Å². The third-order valence-corrected chi connectivity index (χ3v) is 5.53. The summed E-state index contributed by atoms with van der Waals surface area (Å²) in [6.45, 7) is 8.30. The number of rotatable bonds is 4. The number of carbonyl (C=O) groups excluding carboxylic acids is 1. The minimum Gasteiger partial charge on any atom is -0.375 e. The SMILES string of the molecule is CCN(C(C)=O)[C@H]1CCOC2(CCN(Cc3ccccn3)CC2)C1. The zero-order valence-electron chi connectivity index (χ0n) is 14.9. The third kappa shape index (κ3) is 3.95. The number of ether oxygens (including phenoxy) is 1. The Morgan fingerprint density at radius 2 is 2.21 bits per heavy atom. The fourth-order valence-electron chi connectivity index (χ4n) is 4.19. The summed E-state index contributed by atoms with van der Waals surface area (Å²) < 4.78 is 6.23.